The molecule has 0 unspecified atom stereocenters. The molecule has 2 fully saturated rings. The maximum absolute atomic E-state index is 13.9. The lowest BCUT2D eigenvalue weighted by Gasteiger charge is -2.27. The third kappa shape index (κ3) is 6.03. The Labute approximate surface area is 207 Å². The normalized spacial score (nSPS) is 17.3. The second kappa shape index (κ2) is 11.4. The monoisotopic (exact) mass is 498 g/mol. The number of carbonyl (C=O) groups excluding carboxylic acids is 3. The molecule has 0 N–H and O–H groups in total. The average Bonchev–Trinajstić information content (AvgIpc) is 3.12. The predicted octanol–water partition coefficient (Wildman–Crippen LogP) is 4.85. The fourth-order valence-electron chi connectivity index (χ4n) is 3.94. The van der Waals surface area contributed by atoms with E-state index in [0.29, 0.717) is 42.3 Å². The lowest BCUT2D eigenvalue weighted by molar-refractivity contribution is -0.136. The topological polar surface area (TPSA) is 76.2 Å². The van der Waals surface area contributed by atoms with Gasteiger partial charge in [0, 0.05) is 18.7 Å². The van der Waals surface area contributed by atoms with E-state index in [1.165, 1.54) is 6.07 Å². The van der Waals surface area contributed by atoms with Crippen LogP contribution in [0, 0.1) is 5.82 Å². The fraction of sp³-hybridized carbons (Fsp3) is 0.346. The van der Waals surface area contributed by atoms with Crippen LogP contribution in [0.4, 0.5) is 9.18 Å². The third-order valence-electron chi connectivity index (χ3n) is 5.78. The van der Waals surface area contributed by atoms with Gasteiger partial charge in [-0.15, -0.1) is 0 Å². The van der Waals surface area contributed by atoms with Crippen molar-refractivity contribution in [3.8, 4) is 11.5 Å². The molecule has 0 aromatic heterocycles. The zero-order valence-electron chi connectivity index (χ0n) is 19.5. The van der Waals surface area contributed by atoms with E-state index in [9.17, 15) is 18.8 Å². The Morgan fingerprint density at radius 3 is 2.57 bits per heavy atom. The molecule has 0 saturated carbocycles. The first-order valence-electron chi connectivity index (χ1n) is 11.6. The molecule has 2 saturated heterocycles. The number of imide groups is 1. The number of benzene rings is 2. The van der Waals surface area contributed by atoms with Gasteiger partial charge in [-0.1, -0.05) is 24.3 Å². The summed E-state index contributed by atoms with van der Waals surface area (Å²) in [4.78, 5) is 40.8. The van der Waals surface area contributed by atoms with Crippen molar-refractivity contribution >= 4 is 34.9 Å². The number of carbonyl (C=O) groups is 3. The molecule has 0 aliphatic carbocycles. The van der Waals surface area contributed by atoms with Crippen LogP contribution in [0.5, 0.6) is 11.5 Å². The van der Waals surface area contributed by atoms with Gasteiger partial charge in [0.25, 0.3) is 11.1 Å². The van der Waals surface area contributed by atoms with E-state index in [2.05, 4.69) is 0 Å². The molecule has 4 rings (SSSR count). The number of amides is 3. The highest BCUT2D eigenvalue weighted by Crippen LogP contribution is 2.35. The Balaban J connectivity index is 1.46. The molecule has 0 atom stereocenters. The molecule has 2 aliphatic rings. The summed E-state index contributed by atoms with van der Waals surface area (Å²) < 4.78 is 25.4. The summed E-state index contributed by atoms with van der Waals surface area (Å²) in [6.45, 7) is 3.34. The molecular weight excluding hydrogens is 471 g/mol. The van der Waals surface area contributed by atoms with E-state index in [1.807, 2.05) is 6.92 Å². The van der Waals surface area contributed by atoms with Gasteiger partial charge in [-0.3, -0.25) is 19.3 Å². The Kier molecular flexibility index (Phi) is 8.07. The Morgan fingerprint density at radius 2 is 1.83 bits per heavy atom. The molecule has 9 heteroatoms. The van der Waals surface area contributed by atoms with Gasteiger partial charge in [0.15, 0.2) is 11.5 Å². The summed E-state index contributed by atoms with van der Waals surface area (Å²) in [5.41, 5.74) is 1.06. The first kappa shape index (κ1) is 24.8. The van der Waals surface area contributed by atoms with E-state index in [0.717, 1.165) is 35.9 Å². The van der Waals surface area contributed by atoms with Crippen LogP contribution in [-0.4, -0.2) is 53.1 Å². The van der Waals surface area contributed by atoms with E-state index in [1.54, 1.807) is 47.4 Å². The largest absolute Gasteiger partial charge is 0.490 e. The van der Waals surface area contributed by atoms with E-state index in [-0.39, 0.29) is 29.8 Å². The molecule has 7 nitrogen and oxygen atoms in total. The maximum atomic E-state index is 13.9. The summed E-state index contributed by atoms with van der Waals surface area (Å²) >= 11 is 0.812. The number of rotatable bonds is 8. The second-order valence-corrected chi connectivity index (χ2v) is 9.22. The fourth-order valence-corrected chi connectivity index (χ4v) is 4.78. The van der Waals surface area contributed by atoms with Gasteiger partial charge in [-0.05, 0) is 67.8 Å². The Bertz CT molecular complexity index is 1150. The van der Waals surface area contributed by atoms with Crippen LogP contribution >= 0.6 is 11.8 Å². The molecule has 184 valence electrons. The quantitative estimate of drug-likeness (QED) is 0.484. The number of hydrogen-bond donors (Lipinski definition) is 0. The number of ether oxygens (including phenoxy) is 2. The minimum Gasteiger partial charge on any atom is -0.490 e. The van der Waals surface area contributed by atoms with Crippen molar-refractivity contribution in [3.05, 3.63) is 64.3 Å². The molecule has 2 aliphatic heterocycles. The van der Waals surface area contributed by atoms with Gasteiger partial charge >= 0.3 is 0 Å². The standard InChI is InChI=1S/C26H27FN2O5S/c1-2-33-22-14-18(10-11-21(22)34-17-19-8-4-5-9-20(19)27)15-23-25(31)29(26(32)35-23)16-24(30)28-12-6-3-7-13-28/h4-5,8-11,14-15H,2-3,6-7,12-13,16-17H2,1H3/b23-15+. The molecule has 3 amide bonds. The Hall–Kier alpha value is -3.33. The Morgan fingerprint density at radius 1 is 1.06 bits per heavy atom. The average molecular weight is 499 g/mol. The van der Waals surface area contributed by atoms with Crippen LogP contribution < -0.4 is 9.47 Å². The van der Waals surface area contributed by atoms with Crippen molar-refractivity contribution < 1.29 is 28.2 Å². The molecule has 2 aromatic carbocycles. The molecule has 0 spiro atoms. The van der Waals surface area contributed by atoms with Gasteiger partial charge in [0.05, 0.1) is 11.5 Å². The molecule has 0 radical (unpaired) electrons. The molecule has 0 bridgehead atoms. The zero-order valence-corrected chi connectivity index (χ0v) is 20.3. The van der Waals surface area contributed by atoms with Crippen LogP contribution in [0.2, 0.25) is 0 Å². The summed E-state index contributed by atoms with van der Waals surface area (Å²) in [6.07, 6.45) is 4.57. The van der Waals surface area contributed by atoms with E-state index < -0.39 is 11.1 Å². The number of halogens is 1. The predicted molar refractivity (Wildman–Crippen MR) is 131 cm³/mol. The number of likely N-dealkylation sites (tertiary alicyclic amines) is 1. The SMILES string of the molecule is CCOc1cc(/C=C2/SC(=O)N(CC(=O)N3CCCCC3)C2=O)ccc1OCc1ccccc1F. The van der Waals surface area contributed by atoms with Crippen LogP contribution in [0.15, 0.2) is 47.4 Å². The number of piperidine rings is 1. The van der Waals surface area contributed by atoms with Crippen molar-refractivity contribution in [2.45, 2.75) is 32.8 Å². The third-order valence-corrected chi connectivity index (χ3v) is 6.69. The van der Waals surface area contributed by atoms with Gasteiger partial charge in [-0.2, -0.15) is 0 Å². The number of nitrogens with zero attached hydrogens (tertiary/aromatic N) is 2. The molecule has 2 heterocycles. The van der Waals surface area contributed by atoms with E-state index in [4.69, 9.17) is 9.47 Å². The van der Waals surface area contributed by atoms with Gasteiger partial charge in [0.1, 0.15) is 19.0 Å². The summed E-state index contributed by atoms with van der Waals surface area (Å²) in [5, 5.41) is -0.457. The highest BCUT2D eigenvalue weighted by molar-refractivity contribution is 8.18. The minimum absolute atomic E-state index is 0.0377. The summed E-state index contributed by atoms with van der Waals surface area (Å²) in [5.74, 6) is -0.160. The van der Waals surface area contributed by atoms with Crippen LogP contribution in [-0.2, 0) is 16.2 Å². The first-order chi connectivity index (χ1) is 17.0. The van der Waals surface area contributed by atoms with Gasteiger partial charge in [0.2, 0.25) is 5.91 Å². The van der Waals surface area contributed by atoms with Crippen molar-refractivity contribution in [1.82, 2.24) is 9.80 Å². The van der Waals surface area contributed by atoms with Crippen molar-refractivity contribution in [3.63, 3.8) is 0 Å². The number of hydrogen-bond acceptors (Lipinski definition) is 6. The van der Waals surface area contributed by atoms with E-state index >= 15 is 0 Å². The van der Waals surface area contributed by atoms with Gasteiger partial charge in [-0.25, -0.2) is 4.39 Å². The first-order valence-corrected chi connectivity index (χ1v) is 12.4. The van der Waals surface area contributed by atoms with Crippen molar-refractivity contribution in [1.29, 1.82) is 0 Å². The smallest absolute Gasteiger partial charge is 0.294 e. The molecule has 2 aromatic rings. The van der Waals surface area contributed by atoms with Crippen LogP contribution in [0.25, 0.3) is 6.08 Å². The van der Waals surface area contributed by atoms with Crippen molar-refractivity contribution in [2.24, 2.45) is 0 Å². The zero-order chi connectivity index (χ0) is 24.8. The highest BCUT2D eigenvalue weighted by atomic mass is 32.2. The minimum atomic E-state index is -0.483. The summed E-state index contributed by atoms with van der Waals surface area (Å²) in [7, 11) is 0. The highest BCUT2D eigenvalue weighted by Gasteiger charge is 2.37. The lowest BCUT2D eigenvalue weighted by atomic mass is 10.1. The number of thioether (sulfide) groups is 1. The molecular formula is C26H27FN2O5S. The maximum Gasteiger partial charge on any atom is 0.294 e. The lowest BCUT2D eigenvalue weighted by Crippen LogP contribution is -2.44. The summed E-state index contributed by atoms with van der Waals surface area (Å²) in [6, 6.07) is 11.5. The van der Waals surface area contributed by atoms with Crippen LogP contribution in [0.3, 0.4) is 0 Å². The second-order valence-electron chi connectivity index (χ2n) is 8.23. The van der Waals surface area contributed by atoms with Crippen molar-refractivity contribution in [2.75, 3.05) is 26.2 Å². The van der Waals surface area contributed by atoms with Gasteiger partial charge < -0.3 is 14.4 Å². The van der Waals surface area contributed by atoms with Crippen LogP contribution in [0.1, 0.15) is 37.3 Å². The molecule has 35 heavy (non-hydrogen) atoms.